The lowest BCUT2D eigenvalue weighted by molar-refractivity contribution is -0.150. The van der Waals surface area contributed by atoms with Crippen molar-refractivity contribution in [3.8, 4) is 5.75 Å². The van der Waals surface area contributed by atoms with Crippen molar-refractivity contribution in [1.82, 2.24) is 5.32 Å². The largest absolute Gasteiger partial charge is 0.482 e. The molecule has 1 N–H and O–H groups in total. The number of hydrogen-bond donors (Lipinski definition) is 1. The third-order valence-electron chi connectivity index (χ3n) is 3.50. The molecule has 0 spiro atoms. The van der Waals surface area contributed by atoms with Crippen LogP contribution in [0.25, 0.3) is 0 Å². The van der Waals surface area contributed by atoms with Crippen LogP contribution in [0.1, 0.15) is 32.1 Å². The molecule has 120 valence electrons. The zero-order valence-electron chi connectivity index (χ0n) is 12.3. The maximum Gasteiger partial charge on any atom is 0.344 e. The van der Waals surface area contributed by atoms with E-state index < -0.39 is 5.97 Å². The fourth-order valence-electron chi connectivity index (χ4n) is 2.38. The lowest BCUT2D eigenvalue weighted by Crippen LogP contribution is -2.39. The Hall–Kier alpha value is -1.31. The van der Waals surface area contributed by atoms with Crippen LogP contribution in [-0.4, -0.2) is 31.1 Å². The van der Waals surface area contributed by atoms with Crippen LogP contribution in [0.4, 0.5) is 0 Å². The number of esters is 1. The second-order valence-corrected chi connectivity index (χ2v) is 6.55. The minimum atomic E-state index is -0.544. The van der Waals surface area contributed by atoms with Gasteiger partial charge in [0.05, 0.1) is 0 Å². The molecule has 1 amide bonds. The Labute approximate surface area is 143 Å². The fraction of sp³-hybridized carbons (Fsp3) is 0.500. The van der Waals surface area contributed by atoms with Gasteiger partial charge in [-0.2, -0.15) is 0 Å². The van der Waals surface area contributed by atoms with E-state index in [2.05, 4.69) is 27.9 Å². The topological polar surface area (TPSA) is 64.6 Å². The Morgan fingerprint density at radius 3 is 2.45 bits per heavy atom. The summed E-state index contributed by atoms with van der Waals surface area (Å²) in [6, 6.07) is 7.57. The first kappa shape index (κ1) is 17.1. The van der Waals surface area contributed by atoms with Gasteiger partial charge >= 0.3 is 5.97 Å². The second kappa shape index (κ2) is 8.97. The van der Waals surface area contributed by atoms with Gasteiger partial charge in [-0.05, 0) is 59.7 Å². The van der Waals surface area contributed by atoms with E-state index in [1.807, 2.05) is 12.1 Å². The fourth-order valence-corrected chi connectivity index (χ4v) is 2.74. The second-order valence-electron chi connectivity index (χ2n) is 5.31. The van der Waals surface area contributed by atoms with Crippen LogP contribution in [0.5, 0.6) is 5.75 Å². The van der Waals surface area contributed by atoms with Crippen molar-refractivity contribution in [1.29, 1.82) is 0 Å². The van der Waals surface area contributed by atoms with Crippen molar-refractivity contribution >= 4 is 34.5 Å². The van der Waals surface area contributed by atoms with Crippen molar-refractivity contribution < 1.29 is 19.1 Å². The highest BCUT2D eigenvalue weighted by molar-refractivity contribution is 14.1. The number of carbonyl (C=O) groups excluding carboxylic acids is 2. The highest BCUT2D eigenvalue weighted by atomic mass is 127. The summed E-state index contributed by atoms with van der Waals surface area (Å²) in [7, 11) is 0. The zero-order chi connectivity index (χ0) is 15.8. The number of rotatable bonds is 6. The summed E-state index contributed by atoms with van der Waals surface area (Å²) < 4.78 is 11.3. The lowest BCUT2D eigenvalue weighted by atomic mass is 9.95. The summed E-state index contributed by atoms with van der Waals surface area (Å²) in [4.78, 5) is 23.2. The van der Waals surface area contributed by atoms with Crippen molar-refractivity contribution in [3.63, 3.8) is 0 Å². The van der Waals surface area contributed by atoms with E-state index in [4.69, 9.17) is 9.47 Å². The number of hydrogen-bond acceptors (Lipinski definition) is 4. The molecule has 1 aliphatic rings. The van der Waals surface area contributed by atoms with Crippen LogP contribution in [0, 0.1) is 3.57 Å². The molecule has 1 aromatic carbocycles. The first-order valence-corrected chi connectivity index (χ1v) is 8.55. The molecule has 1 aromatic rings. The minimum Gasteiger partial charge on any atom is -0.482 e. The summed E-state index contributed by atoms with van der Waals surface area (Å²) in [5.41, 5.74) is 0. The summed E-state index contributed by atoms with van der Waals surface area (Å²) in [5, 5.41) is 2.90. The zero-order valence-corrected chi connectivity index (χ0v) is 14.5. The minimum absolute atomic E-state index is 0.197. The van der Waals surface area contributed by atoms with E-state index in [1.165, 1.54) is 6.42 Å². The van der Waals surface area contributed by atoms with Crippen molar-refractivity contribution in [2.24, 2.45) is 0 Å². The number of amides is 1. The lowest BCUT2D eigenvalue weighted by Gasteiger charge is -2.22. The average Bonchev–Trinajstić information content (AvgIpc) is 2.53. The molecule has 0 aromatic heterocycles. The molecule has 6 heteroatoms. The standard InChI is InChI=1S/C16H20INO4/c17-12-6-8-14(9-7-12)21-11-16(20)22-10-15(19)18-13-4-2-1-3-5-13/h6-9,13H,1-5,10-11H2,(H,18,19). The van der Waals surface area contributed by atoms with Gasteiger partial charge in [-0.15, -0.1) is 0 Å². The quantitative estimate of drug-likeness (QED) is 0.571. The number of nitrogens with one attached hydrogen (secondary N) is 1. The predicted octanol–water partition coefficient (Wildman–Crippen LogP) is 2.66. The van der Waals surface area contributed by atoms with Gasteiger partial charge in [-0.1, -0.05) is 19.3 Å². The Bertz CT molecular complexity index is 497. The molecule has 5 nitrogen and oxygen atoms in total. The van der Waals surface area contributed by atoms with Crippen molar-refractivity contribution in [2.45, 2.75) is 38.1 Å². The molecule has 0 atom stereocenters. The summed E-state index contributed by atoms with van der Waals surface area (Å²) in [6.07, 6.45) is 5.55. The molecule has 0 aliphatic heterocycles. The molecule has 22 heavy (non-hydrogen) atoms. The maximum atomic E-state index is 11.7. The number of ether oxygens (including phenoxy) is 2. The van der Waals surface area contributed by atoms with E-state index in [0.717, 1.165) is 29.3 Å². The maximum absolute atomic E-state index is 11.7. The van der Waals surface area contributed by atoms with Crippen LogP contribution in [0.3, 0.4) is 0 Å². The third kappa shape index (κ3) is 6.21. The molecule has 0 heterocycles. The van der Waals surface area contributed by atoms with Crippen LogP contribution in [-0.2, 0) is 14.3 Å². The van der Waals surface area contributed by atoms with Crippen molar-refractivity contribution in [3.05, 3.63) is 27.8 Å². The molecular formula is C16H20INO4. The molecular weight excluding hydrogens is 397 g/mol. The Morgan fingerprint density at radius 2 is 1.77 bits per heavy atom. The van der Waals surface area contributed by atoms with Crippen LogP contribution >= 0.6 is 22.6 Å². The van der Waals surface area contributed by atoms with Gasteiger partial charge in [-0.3, -0.25) is 4.79 Å². The van der Waals surface area contributed by atoms with E-state index in [-0.39, 0.29) is 25.2 Å². The summed E-state index contributed by atoms with van der Waals surface area (Å²) in [5.74, 6) is -0.184. The van der Waals surface area contributed by atoms with Gasteiger partial charge in [0.1, 0.15) is 5.75 Å². The first-order valence-electron chi connectivity index (χ1n) is 7.47. The number of benzene rings is 1. The highest BCUT2D eigenvalue weighted by Gasteiger charge is 2.16. The SMILES string of the molecule is O=C(COC(=O)COc1ccc(I)cc1)NC1CCCCC1. The molecule has 0 unspecified atom stereocenters. The Kier molecular flexibility index (Phi) is 6.95. The summed E-state index contributed by atoms with van der Waals surface area (Å²) in [6.45, 7) is -0.442. The van der Waals surface area contributed by atoms with Gasteiger partial charge in [0.25, 0.3) is 5.91 Å². The molecule has 1 fully saturated rings. The Balaban J connectivity index is 1.62. The van der Waals surface area contributed by atoms with Gasteiger partial charge < -0.3 is 14.8 Å². The van der Waals surface area contributed by atoms with Crippen LogP contribution < -0.4 is 10.1 Å². The van der Waals surface area contributed by atoms with Crippen molar-refractivity contribution in [2.75, 3.05) is 13.2 Å². The smallest absolute Gasteiger partial charge is 0.344 e. The number of halogens is 1. The molecule has 1 saturated carbocycles. The molecule has 1 aliphatic carbocycles. The van der Waals surface area contributed by atoms with E-state index >= 15 is 0 Å². The molecule has 0 saturated heterocycles. The summed E-state index contributed by atoms with van der Waals surface area (Å²) >= 11 is 2.19. The monoisotopic (exact) mass is 417 g/mol. The average molecular weight is 417 g/mol. The first-order chi connectivity index (χ1) is 10.6. The Morgan fingerprint density at radius 1 is 1.09 bits per heavy atom. The molecule has 0 radical (unpaired) electrons. The highest BCUT2D eigenvalue weighted by Crippen LogP contribution is 2.17. The van der Waals surface area contributed by atoms with Crippen LogP contribution in [0.15, 0.2) is 24.3 Å². The van der Waals surface area contributed by atoms with Gasteiger partial charge in [0, 0.05) is 9.61 Å². The van der Waals surface area contributed by atoms with Gasteiger partial charge in [0.2, 0.25) is 0 Å². The predicted molar refractivity (Wildman–Crippen MR) is 90.6 cm³/mol. The molecule has 2 rings (SSSR count). The van der Waals surface area contributed by atoms with Crippen LogP contribution in [0.2, 0.25) is 0 Å². The van der Waals surface area contributed by atoms with Gasteiger partial charge in [0.15, 0.2) is 13.2 Å². The van der Waals surface area contributed by atoms with E-state index in [1.54, 1.807) is 12.1 Å². The molecule has 0 bridgehead atoms. The third-order valence-corrected chi connectivity index (χ3v) is 4.22. The number of carbonyl (C=O) groups is 2. The van der Waals surface area contributed by atoms with E-state index in [9.17, 15) is 9.59 Å². The van der Waals surface area contributed by atoms with Gasteiger partial charge in [-0.25, -0.2) is 4.79 Å². The normalized spacial score (nSPS) is 15.1. The van der Waals surface area contributed by atoms with E-state index in [0.29, 0.717) is 5.75 Å².